The van der Waals surface area contributed by atoms with Crippen LogP contribution in [0.4, 0.5) is 9.59 Å². The lowest BCUT2D eigenvalue weighted by atomic mass is 10.1. The summed E-state index contributed by atoms with van der Waals surface area (Å²) in [6.45, 7) is 24.2. The van der Waals surface area contributed by atoms with Gasteiger partial charge in [0.2, 0.25) is 0 Å². The number of carbonyl (C=O) groups excluding carboxylic acids is 2. The van der Waals surface area contributed by atoms with Gasteiger partial charge in [0.25, 0.3) is 0 Å². The molecule has 0 saturated heterocycles. The normalized spacial score (nSPS) is 27.0. The van der Waals surface area contributed by atoms with E-state index >= 15 is 0 Å². The van der Waals surface area contributed by atoms with Gasteiger partial charge in [-0.15, -0.1) is 13.2 Å². The number of carboxylic acids is 1. The van der Waals surface area contributed by atoms with Crippen LogP contribution in [-0.2, 0) is 19.0 Å². The van der Waals surface area contributed by atoms with Gasteiger partial charge in [-0.3, -0.25) is 0 Å². The zero-order valence-electron chi connectivity index (χ0n) is 21.4. The number of amides is 2. The topological polar surface area (TPSA) is 123 Å². The molecule has 4 atom stereocenters. The highest BCUT2D eigenvalue weighted by molar-refractivity contribution is 5.88. The first kappa shape index (κ1) is 29.1. The van der Waals surface area contributed by atoms with Crippen molar-refractivity contribution >= 4 is 18.2 Å². The van der Waals surface area contributed by atoms with Crippen LogP contribution in [0.5, 0.6) is 0 Å². The Morgan fingerprint density at radius 1 is 0.912 bits per heavy atom. The third-order valence-electron chi connectivity index (χ3n) is 5.24. The largest absolute Gasteiger partial charge is 0.496 e. The maximum Gasteiger partial charge on any atom is 0.408 e. The fourth-order valence-corrected chi connectivity index (χ4v) is 3.40. The van der Waals surface area contributed by atoms with Gasteiger partial charge in [0, 0.05) is 11.8 Å². The summed E-state index contributed by atoms with van der Waals surface area (Å²) < 4.78 is 15.7. The molecule has 2 aliphatic carbocycles. The van der Waals surface area contributed by atoms with Crippen LogP contribution in [0.3, 0.4) is 0 Å². The Morgan fingerprint density at radius 2 is 1.29 bits per heavy atom. The maximum atomic E-state index is 11.8. The molecule has 2 saturated carbocycles. The molecule has 3 N–H and O–H groups in total. The number of hydrogen-bond donors (Lipinski definition) is 3. The fraction of sp³-hybridized carbons (Fsp3) is 0.640. The smallest absolute Gasteiger partial charge is 0.408 e. The molecule has 2 aliphatic rings. The molecule has 2 rings (SSSR count). The number of ether oxygens (including phenoxy) is 3. The first-order chi connectivity index (χ1) is 15.5. The van der Waals surface area contributed by atoms with Gasteiger partial charge in [-0.25, -0.2) is 14.4 Å². The minimum atomic E-state index is -1.22. The van der Waals surface area contributed by atoms with E-state index in [1.165, 1.54) is 6.08 Å². The molecule has 0 aromatic rings. The van der Waals surface area contributed by atoms with E-state index in [-0.39, 0.29) is 11.8 Å². The van der Waals surface area contributed by atoms with Crippen LogP contribution in [0.2, 0.25) is 0 Å². The Bertz CT molecular complexity index is 824. The summed E-state index contributed by atoms with van der Waals surface area (Å²) in [5.74, 6) is -0.550. The summed E-state index contributed by atoms with van der Waals surface area (Å²) in [5.41, 5.74) is -2.91. The van der Waals surface area contributed by atoms with E-state index < -0.39 is 40.4 Å². The summed E-state index contributed by atoms with van der Waals surface area (Å²) in [7, 11) is 0. The molecule has 0 spiro atoms. The summed E-state index contributed by atoms with van der Waals surface area (Å²) in [5, 5.41) is 14.3. The number of carbonyl (C=O) groups is 3. The third-order valence-corrected chi connectivity index (χ3v) is 5.24. The van der Waals surface area contributed by atoms with Crippen LogP contribution < -0.4 is 10.6 Å². The third kappa shape index (κ3) is 7.81. The first-order valence-corrected chi connectivity index (χ1v) is 11.3. The molecule has 9 heteroatoms. The molecule has 0 heterocycles. The average Bonchev–Trinajstić information content (AvgIpc) is 3.54. The number of rotatable bonds is 8. The van der Waals surface area contributed by atoms with E-state index in [4.69, 9.17) is 19.3 Å². The van der Waals surface area contributed by atoms with Crippen LogP contribution in [0.25, 0.3) is 0 Å². The fourth-order valence-electron chi connectivity index (χ4n) is 3.40. The summed E-state index contributed by atoms with van der Waals surface area (Å²) in [4.78, 5) is 34.3. The predicted molar refractivity (Wildman–Crippen MR) is 129 cm³/mol. The summed E-state index contributed by atoms with van der Waals surface area (Å²) >= 11 is 0. The lowest BCUT2D eigenvalue weighted by Crippen LogP contribution is -2.46. The second kappa shape index (κ2) is 10.5. The van der Waals surface area contributed by atoms with E-state index in [9.17, 15) is 14.4 Å². The molecule has 0 aromatic carbocycles. The van der Waals surface area contributed by atoms with Gasteiger partial charge in [0.05, 0.1) is 6.61 Å². The zero-order chi connectivity index (χ0) is 26.5. The monoisotopic (exact) mass is 480 g/mol. The average molecular weight is 481 g/mol. The number of hydrogen-bond acceptors (Lipinski definition) is 6. The Labute approximate surface area is 202 Å². The van der Waals surface area contributed by atoms with Crippen LogP contribution >= 0.6 is 0 Å². The van der Waals surface area contributed by atoms with Crippen LogP contribution in [-0.4, -0.2) is 52.1 Å². The Morgan fingerprint density at radius 3 is 1.59 bits per heavy atom. The SMILES string of the molecule is C=CC1C[C@@]1(NC(=O)OC(C)(C)C)C(=O)O.C=C[C@H]1C[C@@]1(NC(=O)OC(C)(C)C)C(=C)OCC. The van der Waals surface area contributed by atoms with E-state index in [0.717, 1.165) is 6.42 Å². The number of alkyl carbamates (subject to hydrolysis) is 2. The van der Waals surface area contributed by atoms with Crippen molar-refractivity contribution in [1.29, 1.82) is 0 Å². The van der Waals surface area contributed by atoms with Gasteiger partial charge in [-0.1, -0.05) is 18.7 Å². The Hall–Kier alpha value is -2.97. The molecule has 0 aromatic heterocycles. The van der Waals surface area contributed by atoms with E-state index in [0.29, 0.717) is 18.8 Å². The van der Waals surface area contributed by atoms with Gasteiger partial charge >= 0.3 is 18.2 Å². The first-order valence-electron chi connectivity index (χ1n) is 11.3. The minimum Gasteiger partial charge on any atom is -0.496 e. The molecular weight excluding hydrogens is 440 g/mol. The van der Waals surface area contributed by atoms with Crippen molar-refractivity contribution in [3.05, 3.63) is 37.6 Å². The Balaban J connectivity index is 0.000000342. The molecule has 192 valence electrons. The Kier molecular flexibility index (Phi) is 9.00. The number of carboxylic acid groups (broad SMARTS) is 1. The molecule has 34 heavy (non-hydrogen) atoms. The maximum absolute atomic E-state index is 11.8. The second-order valence-electron chi connectivity index (χ2n) is 10.5. The highest BCUT2D eigenvalue weighted by atomic mass is 16.6. The van der Waals surface area contributed by atoms with Gasteiger partial charge in [0.15, 0.2) is 0 Å². The van der Waals surface area contributed by atoms with Crippen molar-refractivity contribution in [3.8, 4) is 0 Å². The van der Waals surface area contributed by atoms with Crippen molar-refractivity contribution < 1.29 is 33.7 Å². The molecular formula is C25H40N2O7. The van der Waals surface area contributed by atoms with Crippen LogP contribution in [0.1, 0.15) is 61.3 Å². The highest BCUT2D eigenvalue weighted by Gasteiger charge is 2.61. The van der Waals surface area contributed by atoms with Crippen molar-refractivity contribution in [2.75, 3.05) is 6.61 Å². The molecule has 0 radical (unpaired) electrons. The minimum absolute atomic E-state index is 0.157. The molecule has 0 aliphatic heterocycles. The lowest BCUT2D eigenvalue weighted by Gasteiger charge is -2.25. The number of aliphatic carboxylic acids is 1. The van der Waals surface area contributed by atoms with Gasteiger partial charge < -0.3 is 30.0 Å². The quantitative estimate of drug-likeness (QED) is 0.344. The standard InChI is InChI=1S/C14H23NO3.C11H17NO4/c1-7-11-9-14(11,10(3)17-8-2)15-12(16)18-13(4,5)6;1-5-7-6-11(7,8(13)14)12-9(15)16-10(2,3)4/h7,11H,1,3,8-9H2,2,4-6H3,(H,15,16);5,7H,1,6H2,2-4H3,(H,12,15)(H,13,14)/t11-,14+;7?,11-/m00/s1. The van der Waals surface area contributed by atoms with Crippen molar-refractivity contribution in [2.45, 2.75) is 83.6 Å². The van der Waals surface area contributed by atoms with Crippen molar-refractivity contribution in [3.63, 3.8) is 0 Å². The van der Waals surface area contributed by atoms with Crippen LogP contribution in [0, 0.1) is 11.8 Å². The molecule has 2 fully saturated rings. The predicted octanol–water partition coefficient (Wildman–Crippen LogP) is 4.55. The van der Waals surface area contributed by atoms with E-state index in [2.05, 4.69) is 30.4 Å². The molecule has 1 unspecified atom stereocenters. The summed E-state index contributed by atoms with van der Waals surface area (Å²) in [6.07, 6.45) is 3.30. The number of nitrogens with one attached hydrogen (secondary N) is 2. The van der Waals surface area contributed by atoms with E-state index in [1.807, 2.05) is 33.8 Å². The highest BCUT2D eigenvalue weighted by Crippen LogP contribution is 2.49. The second-order valence-corrected chi connectivity index (χ2v) is 10.5. The molecule has 2 amide bonds. The van der Waals surface area contributed by atoms with Crippen LogP contribution in [0.15, 0.2) is 37.6 Å². The molecule has 9 nitrogen and oxygen atoms in total. The van der Waals surface area contributed by atoms with Gasteiger partial charge in [-0.05, 0) is 61.3 Å². The zero-order valence-corrected chi connectivity index (χ0v) is 21.4. The lowest BCUT2D eigenvalue weighted by molar-refractivity contribution is -0.141. The summed E-state index contributed by atoms with van der Waals surface area (Å²) in [6, 6.07) is 0. The van der Waals surface area contributed by atoms with Crippen molar-refractivity contribution in [2.24, 2.45) is 11.8 Å². The van der Waals surface area contributed by atoms with Gasteiger partial charge in [-0.2, -0.15) is 0 Å². The van der Waals surface area contributed by atoms with E-state index in [1.54, 1.807) is 20.8 Å². The van der Waals surface area contributed by atoms with Crippen molar-refractivity contribution in [1.82, 2.24) is 10.6 Å². The van der Waals surface area contributed by atoms with Gasteiger partial charge in [0.1, 0.15) is 28.0 Å². The molecule has 0 bridgehead atoms.